The van der Waals surface area contributed by atoms with E-state index in [-0.39, 0.29) is 5.75 Å². The molecule has 2 rings (SSSR count). The Morgan fingerprint density at radius 1 is 1.19 bits per heavy atom. The first-order valence-corrected chi connectivity index (χ1v) is 12.0. The number of likely N-dealkylation sites (tertiary alicyclic amines) is 2. The number of sulfone groups is 1. The summed E-state index contributed by atoms with van der Waals surface area (Å²) in [7, 11) is -0.684. The number of hydrogen-bond acceptors (Lipinski definition) is 5. The quantitative estimate of drug-likeness (QED) is 0.486. The zero-order valence-electron chi connectivity index (χ0n) is 16.7. The Bertz CT molecular complexity index is 544. The maximum atomic E-state index is 11.3. The fourth-order valence-corrected chi connectivity index (χ4v) is 4.34. The average Bonchev–Trinajstić information content (AvgIpc) is 2.59. The molecule has 0 aliphatic carbocycles. The molecule has 7 nitrogen and oxygen atoms in total. The van der Waals surface area contributed by atoms with Gasteiger partial charge in [-0.05, 0) is 52.1 Å². The van der Waals surface area contributed by atoms with Gasteiger partial charge in [-0.1, -0.05) is 0 Å². The first-order valence-electron chi connectivity index (χ1n) is 9.99. The lowest BCUT2D eigenvalue weighted by molar-refractivity contribution is 0.212. The van der Waals surface area contributed by atoms with Crippen molar-refractivity contribution < 1.29 is 8.42 Å². The second-order valence-corrected chi connectivity index (χ2v) is 10.1. The van der Waals surface area contributed by atoms with E-state index in [0.717, 1.165) is 51.5 Å². The summed E-state index contributed by atoms with van der Waals surface area (Å²) in [6.07, 6.45) is 5.91. The van der Waals surface area contributed by atoms with E-state index in [0.29, 0.717) is 18.5 Å². The van der Waals surface area contributed by atoms with E-state index < -0.39 is 9.84 Å². The van der Waals surface area contributed by atoms with E-state index in [2.05, 4.69) is 34.4 Å². The number of rotatable bonds is 7. The van der Waals surface area contributed by atoms with Crippen molar-refractivity contribution in [1.82, 2.24) is 20.4 Å². The fraction of sp³-hybridized carbons (Fsp3) is 0.944. The molecule has 2 aliphatic heterocycles. The van der Waals surface area contributed by atoms with E-state index in [1.165, 1.54) is 25.6 Å². The molecule has 0 amide bonds. The first kappa shape index (κ1) is 21.4. The van der Waals surface area contributed by atoms with Crippen LogP contribution in [0.4, 0.5) is 0 Å². The topological polar surface area (TPSA) is 77.0 Å². The third kappa shape index (κ3) is 8.22. The van der Waals surface area contributed by atoms with Crippen LogP contribution in [0.3, 0.4) is 0 Å². The van der Waals surface area contributed by atoms with Crippen molar-refractivity contribution >= 4 is 15.8 Å². The lowest BCUT2D eigenvalue weighted by Gasteiger charge is -2.33. The molecule has 152 valence electrons. The van der Waals surface area contributed by atoms with Gasteiger partial charge in [0.2, 0.25) is 0 Å². The van der Waals surface area contributed by atoms with Gasteiger partial charge in [0.25, 0.3) is 0 Å². The van der Waals surface area contributed by atoms with Crippen molar-refractivity contribution in [3.8, 4) is 0 Å². The second-order valence-electron chi connectivity index (χ2n) is 7.88. The summed E-state index contributed by atoms with van der Waals surface area (Å²) in [4.78, 5) is 9.48. The second kappa shape index (κ2) is 10.5. The fourth-order valence-electron chi connectivity index (χ4n) is 3.75. The highest BCUT2D eigenvalue weighted by Gasteiger charge is 2.21. The van der Waals surface area contributed by atoms with Crippen molar-refractivity contribution in [3.63, 3.8) is 0 Å². The van der Waals surface area contributed by atoms with Crippen molar-refractivity contribution in [2.75, 3.05) is 64.9 Å². The molecule has 0 aromatic carbocycles. The van der Waals surface area contributed by atoms with Crippen molar-refractivity contribution in [2.24, 2.45) is 10.9 Å². The van der Waals surface area contributed by atoms with Gasteiger partial charge >= 0.3 is 0 Å². The minimum absolute atomic E-state index is 0.255. The smallest absolute Gasteiger partial charge is 0.191 e. The Hall–Kier alpha value is -0.860. The number of nitrogens with zero attached hydrogens (tertiary/aromatic N) is 3. The minimum Gasteiger partial charge on any atom is -0.357 e. The van der Waals surface area contributed by atoms with Crippen LogP contribution in [-0.2, 0) is 9.84 Å². The van der Waals surface area contributed by atoms with E-state index in [4.69, 9.17) is 4.99 Å². The lowest BCUT2D eigenvalue weighted by Crippen LogP contribution is -2.49. The van der Waals surface area contributed by atoms with E-state index in [1.807, 2.05) is 0 Å². The van der Waals surface area contributed by atoms with Gasteiger partial charge in [-0.15, -0.1) is 0 Å². The van der Waals surface area contributed by atoms with Crippen LogP contribution in [0.15, 0.2) is 4.99 Å². The molecule has 2 aliphatic rings. The third-order valence-electron chi connectivity index (χ3n) is 5.28. The van der Waals surface area contributed by atoms with Crippen LogP contribution in [0.5, 0.6) is 0 Å². The number of guanidine groups is 1. The van der Waals surface area contributed by atoms with E-state index in [1.54, 1.807) is 0 Å². The molecule has 0 aromatic rings. The predicted molar refractivity (Wildman–Crippen MR) is 109 cm³/mol. The predicted octanol–water partition coefficient (Wildman–Crippen LogP) is 0.392. The van der Waals surface area contributed by atoms with Crippen LogP contribution in [-0.4, -0.2) is 95.1 Å². The number of aliphatic imine (C=N–C) groups is 1. The van der Waals surface area contributed by atoms with Crippen molar-refractivity contribution in [2.45, 2.75) is 38.6 Å². The molecular weight excluding hydrogens is 350 g/mol. The van der Waals surface area contributed by atoms with Crippen LogP contribution in [0.25, 0.3) is 0 Å². The summed E-state index contributed by atoms with van der Waals surface area (Å²) >= 11 is 0. The zero-order chi connectivity index (χ0) is 19.0. The molecule has 26 heavy (non-hydrogen) atoms. The lowest BCUT2D eigenvalue weighted by atomic mass is 9.99. The molecular formula is C18H37N5O2S. The third-order valence-corrected chi connectivity index (χ3v) is 6.20. The molecule has 0 radical (unpaired) electrons. The molecule has 8 heteroatoms. The van der Waals surface area contributed by atoms with Crippen molar-refractivity contribution in [1.29, 1.82) is 0 Å². The normalized spacial score (nSPS) is 24.6. The zero-order valence-corrected chi connectivity index (χ0v) is 17.5. The molecule has 1 atom stereocenters. The number of piperidine rings is 2. The SMILES string of the molecule is CCNC(=NCC1CCCN(C)C1)NC1CCN(CCS(C)(=O)=O)CC1. The van der Waals surface area contributed by atoms with Gasteiger partial charge < -0.3 is 20.4 Å². The van der Waals surface area contributed by atoms with Crippen molar-refractivity contribution in [3.05, 3.63) is 0 Å². The van der Waals surface area contributed by atoms with Gasteiger partial charge in [0.1, 0.15) is 9.84 Å². The summed E-state index contributed by atoms with van der Waals surface area (Å²) < 4.78 is 22.6. The van der Waals surface area contributed by atoms with Crippen LogP contribution < -0.4 is 10.6 Å². The molecule has 0 spiro atoms. The molecule has 0 aromatic heterocycles. The minimum atomic E-state index is -2.88. The molecule has 0 bridgehead atoms. The molecule has 2 fully saturated rings. The standard InChI is InChI=1S/C18H37N5O2S/c1-4-19-18(20-14-16-6-5-9-22(2)15-16)21-17-7-10-23(11-8-17)12-13-26(3,24)25/h16-17H,4-15H2,1-3H3,(H2,19,20,21). The van der Waals surface area contributed by atoms with E-state index in [9.17, 15) is 8.42 Å². The summed E-state index contributed by atoms with van der Waals surface area (Å²) in [5.41, 5.74) is 0. The molecule has 2 N–H and O–H groups in total. The Morgan fingerprint density at radius 2 is 1.92 bits per heavy atom. The maximum absolute atomic E-state index is 11.3. The summed E-state index contributed by atoms with van der Waals surface area (Å²) in [6, 6.07) is 0.413. The highest BCUT2D eigenvalue weighted by molar-refractivity contribution is 7.90. The maximum Gasteiger partial charge on any atom is 0.191 e. The van der Waals surface area contributed by atoms with Gasteiger partial charge in [0.05, 0.1) is 5.75 Å². The molecule has 0 saturated carbocycles. The van der Waals surface area contributed by atoms with Gasteiger partial charge in [-0.3, -0.25) is 4.99 Å². The van der Waals surface area contributed by atoms with Gasteiger partial charge in [-0.2, -0.15) is 0 Å². The Morgan fingerprint density at radius 3 is 2.54 bits per heavy atom. The summed E-state index contributed by atoms with van der Waals surface area (Å²) in [5, 5.41) is 6.95. The number of hydrogen-bond donors (Lipinski definition) is 2. The van der Waals surface area contributed by atoms with Gasteiger partial charge in [0, 0.05) is 51.6 Å². The highest BCUT2D eigenvalue weighted by Crippen LogP contribution is 2.15. The van der Waals surface area contributed by atoms with E-state index >= 15 is 0 Å². The van der Waals surface area contributed by atoms with Crippen LogP contribution in [0.1, 0.15) is 32.6 Å². The largest absolute Gasteiger partial charge is 0.357 e. The number of nitrogens with one attached hydrogen (secondary N) is 2. The molecule has 2 heterocycles. The highest BCUT2D eigenvalue weighted by atomic mass is 32.2. The summed E-state index contributed by atoms with van der Waals surface area (Å²) in [5.74, 6) is 1.84. The Labute approximate surface area is 159 Å². The van der Waals surface area contributed by atoms with Gasteiger partial charge in [-0.25, -0.2) is 8.42 Å². The van der Waals surface area contributed by atoms with Crippen LogP contribution in [0.2, 0.25) is 0 Å². The van der Waals surface area contributed by atoms with Crippen LogP contribution in [0, 0.1) is 5.92 Å². The monoisotopic (exact) mass is 387 g/mol. The Kier molecular flexibility index (Phi) is 8.63. The molecule has 2 saturated heterocycles. The summed E-state index contributed by atoms with van der Waals surface area (Å²) in [6.45, 7) is 8.73. The van der Waals surface area contributed by atoms with Gasteiger partial charge in [0.15, 0.2) is 5.96 Å². The molecule has 1 unspecified atom stereocenters. The van der Waals surface area contributed by atoms with Crippen LogP contribution >= 0.6 is 0 Å². The average molecular weight is 388 g/mol. The first-order chi connectivity index (χ1) is 12.4. The Balaban J connectivity index is 1.76.